The number of aliphatic hydroxyl groups excluding tert-OH is 1. The van der Waals surface area contributed by atoms with Gasteiger partial charge in [-0.15, -0.1) is 0 Å². The maximum Gasteiger partial charge on any atom is 0.0601 e. The topological polar surface area (TPSA) is 35.5 Å². The third-order valence-electron chi connectivity index (χ3n) is 3.59. The second kappa shape index (κ2) is 5.07. The van der Waals surface area contributed by atoms with Gasteiger partial charge in [0.05, 0.1) is 6.61 Å². The van der Waals surface area contributed by atoms with Crippen molar-refractivity contribution in [3.8, 4) is 0 Å². The molecule has 0 spiro atoms. The van der Waals surface area contributed by atoms with Crippen molar-refractivity contribution in [1.29, 1.82) is 0 Å². The molecule has 1 heterocycles. The zero-order chi connectivity index (χ0) is 12.3. The van der Waals surface area contributed by atoms with E-state index < -0.39 is 0 Å². The Bertz CT molecular complexity index is 350. The lowest BCUT2D eigenvalue weighted by Crippen LogP contribution is -2.47. The minimum absolute atomic E-state index is 0.123. The summed E-state index contributed by atoms with van der Waals surface area (Å²) in [5.41, 5.74) is 1.36. The van der Waals surface area contributed by atoms with E-state index in [4.69, 9.17) is 0 Å². The summed E-state index contributed by atoms with van der Waals surface area (Å²) in [4.78, 5) is 2.40. The zero-order valence-corrected chi connectivity index (χ0v) is 10.7. The number of aliphatic hydroxyl groups is 1. The highest BCUT2D eigenvalue weighted by Crippen LogP contribution is 2.27. The highest BCUT2D eigenvalue weighted by molar-refractivity contribution is 5.49. The molecular formula is C14H22N2O. The van der Waals surface area contributed by atoms with Crippen molar-refractivity contribution < 1.29 is 5.11 Å². The summed E-state index contributed by atoms with van der Waals surface area (Å²) in [6, 6.07) is 10.6. The fourth-order valence-corrected chi connectivity index (χ4v) is 2.43. The standard InChI is InChI=1S/C14H22N2O/c1-14(2)8-9-15-12(11-17)10-16(14)13-6-4-3-5-7-13/h3-7,12,15,17H,8-11H2,1-2H3. The van der Waals surface area contributed by atoms with E-state index in [-0.39, 0.29) is 18.2 Å². The van der Waals surface area contributed by atoms with Crippen LogP contribution < -0.4 is 10.2 Å². The Hall–Kier alpha value is -1.06. The third-order valence-corrected chi connectivity index (χ3v) is 3.59. The molecule has 3 nitrogen and oxygen atoms in total. The Labute approximate surface area is 103 Å². The van der Waals surface area contributed by atoms with Crippen molar-refractivity contribution in [2.75, 3.05) is 24.6 Å². The molecule has 1 unspecified atom stereocenters. The summed E-state index contributed by atoms with van der Waals surface area (Å²) in [5, 5.41) is 12.8. The van der Waals surface area contributed by atoms with Crippen LogP contribution in [0.25, 0.3) is 0 Å². The van der Waals surface area contributed by atoms with Gasteiger partial charge in [-0.25, -0.2) is 0 Å². The monoisotopic (exact) mass is 234 g/mol. The van der Waals surface area contributed by atoms with Gasteiger partial charge in [0.2, 0.25) is 0 Å². The van der Waals surface area contributed by atoms with E-state index in [1.807, 2.05) is 6.07 Å². The summed E-state index contributed by atoms with van der Waals surface area (Å²) < 4.78 is 0. The smallest absolute Gasteiger partial charge is 0.0601 e. The average Bonchev–Trinajstić information content (AvgIpc) is 2.48. The predicted molar refractivity (Wildman–Crippen MR) is 71.4 cm³/mol. The lowest BCUT2D eigenvalue weighted by Gasteiger charge is -2.39. The molecule has 1 aromatic carbocycles. The summed E-state index contributed by atoms with van der Waals surface area (Å²) in [6.45, 7) is 6.54. The number of benzene rings is 1. The molecule has 0 amide bonds. The fourth-order valence-electron chi connectivity index (χ4n) is 2.43. The van der Waals surface area contributed by atoms with Gasteiger partial charge in [0.25, 0.3) is 0 Å². The van der Waals surface area contributed by atoms with Gasteiger partial charge in [0, 0.05) is 23.8 Å². The number of hydrogen-bond acceptors (Lipinski definition) is 3. The van der Waals surface area contributed by atoms with E-state index in [1.54, 1.807) is 0 Å². The van der Waals surface area contributed by atoms with E-state index in [0.717, 1.165) is 19.5 Å². The molecule has 17 heavy (non-hydrogen) atoms. The first kappa shape index (κ1) is 12.4. The summed E-state index contributed by atoms with van der Waals surface area (Å²) in [7, 11) is 0. The molecule has 1 fully saturated rings. The largest absolute Gasteiger partial charge is 0.395 e. The zero-order valence-electron chi connectivity index (χ0n) is 10.7. The molecule has 0 radical (unpaired) electrons. The number of rotatable bonds is 2. The van der Waals surface area contributed by atoms with Gasteiger partial charge < -0.3 is 15.3 Å². The molecule has 1 saturated heterocycles. The Morgan fingerprint density at radius 1 is 1.35 bits per heavy atom. The molecule has 2 N–H and O–H groups in total. The first-order valence-electron chi connectivity index (χ1n) is 6.30. The molecule has 2 rings (SSSR count). The second-order valence-corrected chi connectivity index (χ2v) is 5.34. The average molecular weight is 234 g/mol. The van der Waals surface area contributed by atoms with Gasteiger partial charge in [0.1, 0.15) is 0 Å². The van der Waals surface area contributed by atoms with Crippen molar-refractivity contribution in [3.63, 3.8) is 0 Å². The molecule has 1 aromatic rings. The molecule has 0 aliphatic carbocycles. The number of para-hydroxylation sites is 1. The second-order valence-electron chi connectivity index (χ2n) is 5.34. The van der Waals surface area contributed by atoms with Gasteiger partial charge in [0.15, 0.2) is 0 Å². The van der Waals surface area contributed by atoms with Gasteiger partial charge in [-0.2, -0.15) is 0 Å². The molecule has 0 aromatic heterocycles. The first-order valence-corrected chi connectivity index (χ1v) is 6.30. The highest BCUT2D eigenvalue weighted by Gasteiger charge is 2.31. The first-order chi connectivity index (χ1) is 8.13. The van der Waals surface area contributed by atoms with E-state index in [1.165, 1.54) is 5.69 Å². The Balaban J connectivity index is 2.26. The molecule has 1 atom stereocenters. The van der Waals surface area contributed by atoms with Crippen LogP contribution in [0.3, 0.4) is 0 Å². The van der Waals surface area contributed by atoms with Crippen LogP contribution in [-0.4, -0.2) is 36.4 Å². The lowest BCUT2D eigenvalue weighted by molar-refractivity contribution is 0.248. The molecule has 0 bridgehead atoms. The van der Waals surface area contributed by atoms with Gasteiger partial charge in [-0.3, -0.25) is 0 Å². The van der Waals surface area contributed by atoms with E-state index in [9.17, 15) is 5.11 Å². The lowest BCUT2D eigenvalue weighted by atomic mass is 9.97. The van der Waals surface area contributed by atoms with Crippen LogP contribution in [0.1, 0.15) is 20.3 Å². The highest BCUT2D eigenvalue weighted by atomic mass is 16.3. The van der Waals surface area contributed by atoms with Crippen LogP contribution in [-0.2, 0) is 0 Å². The number of nitrogens with zero attached hydrogens (tertiary/aromatic N) is 1. The molecular weight excluding hydrogens is 212 g/mol. The minimum Gasteiger partial charge on any atom is -0.395 e. The summed E-state index contributed by atoms with van der Waals surface area (Å²) in [6.07, 6.45) is 1.08. The Morgan fingerprint density at radius 3 is 2.71 bits per heavy atom. The number of nitrogens with one attached hydrogen (secondary N) is 1. The van der Waals surface area contributed by atoms with Gasteiger partial charge in [-0.1, -0.05) is 18.2 Å². The maximum atomic E-state index is 9.36. The van der Waals surface area contributed by atoms with Crippen molar-refractivity contribution in [2.24, 2.45) is 0 Å². The molecule has 3 heteroatoms. The SMILES string of the molecule is CC1(C)CCNC(CO)CN1c1ccccc1. The quantitative estimate of drug-likeness (QED) is 0.816. The fraction of sp³-hybridized carbons (Fsp3) is 0.571. The van der Waals surface area contributed by atoms with E-state index >= 15 is 0 Å². The Kier molecular flexibility index (Phi) is 3.69. The van der Waals surface area contributed by atoms with Gasteiger partial charge in [-0.05, 0) is 38.9 Å². The van der Waals surface area contributed by atoms with Crippen molar-refractivity contribution in [1.82, 2.24) is 5.32 Å². The summed E-state index contributed by atoms with van der Waals surface area (Å²) >= 11 is 0. The number of anilines is 1. The number of hydrogen-bond donors (Lipinski definition) is 2. The van der Waals surface area contributed by atoms with Crippen molar-refractivity contribution in [2.45, 2.75) is 31.8 Å². The van der Waals surface area contributed by atoms with Crippen LogP contribution in [0.2, 0.25) is 0 Å². The normalized spacial score (nSPS) is 24.4. The molecule has 94 valence electrons. The maximum absolute atomic E-state index is 9.36. The minimum atomic E-state index is 0.123. The van der Waals surface area contributed by atoms with Crippen LogP contribution in [0.15, 0.2) is 30.3 Å². The van der Waals surface area contributed by atoms with Crippen LogP contribution in [0.5, 0.6) is 0 Å². The van der Waals surface area contributed by atoms with Crippen LogP contribution >= 0.6 is 0 Å². The summed E-state index contributed by atoms with van der Waals surface area (Å²) in [5.74, 6) is 0. The van der Waals surface area contributed by atoms with E-state index in [2.05, 4.69) is 48.3 Å². The molecule has 0 saturated carbocycles. The van der Waals surface area contributed by atoms with Crippen LogP contribution in [0.4, 0.5) is 5.69 Å². The molecule has 1 aliphatic rings. The van der Waals surface area contributed by atoms with Crippen LogP contribution in [0, 0.1) is 0 Å². The Morgan fingerprint density at radius 2 is 2.06 bits per heavy atom. The van der Waals surface area contributed by atoms with E-state index in [0.29, 0.717) is 0 Å². The predicted octanol–water partition coefficient (Wildman–Crippen LogP) is 1.63. The van der Waals surface area contributed by atoms with Crippen molar-refractivity contribution in [3.05, 3.63) is 30.3 Å². The molecule has 1 aliphatic heterocycles. The van der Waals surface area contributed by atoms with Gasteiger partial charge >= 0.3 is 0 Å². The third kappa shape index (κ3) is 2.79. The van der Waals surface area contributed by atoms with Crippen molar-refractivity contribution >= 4 is 5.69 Å².